The number of nitrogens with zero attached hydrogens (tertiary/aromatic N) is 3. The van der Waals surface area contributed by atoms with Gasteiger partial charge in [0.25, 0.3) is 0 Å². The third-order valence-electron chi connectivity index (χ3n) is 3.71. The highest BCUT2D eigenvalue weighted by Crippen LogP contribution is 2.33. The molecule has 1 aliphatic heterocycles. The predicted octanol–water partition coefficient (Wildman–Crippen LogP) is 3.11. The van der Waals surface area contributed by atoms with Gasteiger partial charge >= 0.3 is 6.18 Å². The number of hydrogen-bond acceptors (Lipinski definition) is 3. The minimum Gasteiger partial charge on any atom is -0.369 e. The Morgan fingerprint density at radius 3 is 2.38 bits per heavy atom. The summed E-state index contributed by atoms with van der Waals surface area (Å²) in [5, 5.41) is 8.94. The quantitative estimate of drug-likeness (QED) is 0.859. The summed E-state index contributed by atoms with van der Waals surface area (Å²) in [5.41, 5.74) is -0.481. The van der Waals surface area contributed by atoms with E-state index in [0.29, 0.717) is 5.69 Å². The van der Waals surface area contributed by atoms with E-state index in [-0.39, 0.29) is 5.56 Å². The molecular formula is C15H18F3N3. The molecule has 2 rings (SSSR count). The van der Waals surface area contributed by atoms with Crippen LogP contribution in [0.5, 0.6) is 0 Å². The first kappa shape index (κ1) is 15.6. The van der Waals surface area contributed by atoms with Crippen LogP contribution in [-0.2, 0) is 6.18 Å². The van der Waals surface area contributed by atoms with Crippen LogP contribution in [0, 0.1) is 11.3 Å². The van der Waals surface area contributed by atoms with Crippen molar-refractivity contribution in [3.05, 3.63) is 29.3 Å². The monoisotopic (exact) mass is 297 g/mol. The molecule has 6 heteroatoms. The molecule has 0 aliphatic carbocycles. The van der Waals surface area contributed by atoms with Crippen LogP contribution in [0.1, 0.15) is 24.5 Å². The van der Waals surface area contributed by atoms with Gasteiger partial charge in [-0.2, -0.15) is 18.4 Å². The molecule has 0 bridgehead atoms. The van der Waals surface area contributed by atoms with E-state index >= 15 is 0 Å². The van der Waals surface area contributed by atoms with Crippen LogP contribution in [0.2, 0.25) is 0 Å². The van der Waals surface area contributed by atoms with E-state index in [1.54, 1.807) is 6.07 Å². The van der Waals surface area contributed by atoms with Gasteiger partial charge in [-0.15, -0.1) is 0 Å². The van der Waals surface area contributed by atoms with Gasteiger partial charge in [0.05, 0.1) is 17.2 Å². The third kappa shape index (κ3) is 3.67. The molecule has 1 aromatic rings. The standard InChI is InChI=1S/C15H18F3N3/c1-2-5-20-6-8-21(9-7-20)13-3-4-14(15(16,17)18)12(10-13)11-19/h3-4,10H,2,5-9H2,1H3. The number of hydrogen-bond donors (Lipinski definition) is 0. The summed E-state index contributed by atoms with van der Waals surface area (Å²) < 4.78 is 38.3. The Morgan fingerprint density at radius 1 is 1.19 bits per heavy atom. The molecule has 0 aromatic heterocycles. The number of rotatable bonds is 3. The molecule has 1 aromatic carbocycles. The first-order chi connectivity index (χ1) is 9.95. The number of halogens is 3. The van der Waals surface area contributed by atoms with E-state index in [2.05, 4.69) is 11.8 Å². The number of piperazine rings is 1. The minimum absolute atomic E-state index is 0.309. The number of benzene rings is 1. The Bertz CT molecular complexity index is 526. The highest BCUT2D eigenvalue weighted by atomic mass is 19.4. The van der Waals surface area contributed by atoms with Crippen LogP contribution in [-0.4, -0.2) is 37.6 Å². The number of alkyl halides is 3. The van der Waals surface area contributed by atoms with Crippen molar-refractivity contribution >= 4 is 5.69 Å². The lowest BCUT2D eigenvalue weighted by atomic mass is 10.1. The van der Waals surface area contributed by atoms with Gasteiger partial charge < -0.3 is 4.90 Å². The average Bonchev–Trinajstić information content (AvgIpc) is 2.47. The lowest BCUT2D eigenvalue weighted by Gasteiger charge is -2.36. The Balaban J connectivity index is 2.14. The summed E-state index contributed by atoms with van der Waals surface area (Å²) in [5.74, 6) is 0. The van der Waals surface area contributed by atoms with Gasteiger partial charge in [-0.1, -0.05) is 6.92 Å². The fourth-order valence-electron chi connectivity index (χ4n) is 2.61. The minimum atomic E-state index is -4.48. The molecule has 0 unspecified atom stereocenters. The third-order valence-corrected chi connectivity index (χ3v) is 3.71. The van der Waals surface area contributed by atoms with E-state index in [1.807, 2.05) is 4.90 Å². The lowest BCUT2D eigenvalue weighted by molar-refractivity contribution is -0.137. The maximum absolute atomic E-state index is 12.8. The van der Waals surface area contributed by atoms with Crippen molar-refractivity contribution in [1.82, 2.24) is 4.90 Å². The Kier molecular flexibility index (Phi) is 4.73. The van der Waals surface area contributed by atoms with Gasteiger partial charge in [-0.3, -0.25) is 4.90 Å². The highest BCUT2D eigenvalue weighted by Gasteiger charge is 2.33. The van der Waals surface area contributed by atoms with Crippen LogP contribution < -0.4 is 4.90 Å². The van der Waals surface area contributed by atoms with Crippen molar-refractivity contribution in [2.45, 2.75) is 19.5 Å². The van der Waals surface area contributed by atoms with Crippen LogP contribution in [0.25, 0.3) is 0 Å². The van der Waals surface area contributed by atoms with Crippen LogP contribution in [0.4, 0.5) is 18.9 Å². The van der Waals surface area contributed by atoms with Gasteiger partial charge in [0, 0.05) is 31.9 Å². The van der Waals surface area contributed by atoms with E-state index in [0.717, 1.165) is 45.2 Å². The molecule has 0 spiro atoms. The molecule has 21 heavy (non-hydrogen) atoms. The zero-order valence-electron chi connectivity index (χ0n) is 12.0. The fourth-order valence-corrected chi connectivity index (χ4v) is 2.61. The number of nitriles is 1. The van der Waals surface area contributed by atoms with E-state index in [9.17, 15) is 13.2 Å². The van der Waals surface area contributed by atoms with Crippen molar-refractivity contribution in [2.75, 3.05) is 37.6 Å². The summed E-state index contributed by atoms with van der Waals surface area (Å²) in [6.45, 7) is 6.52. The molecule has 1 heterocycles. The second kappa shape index (κ2) is 6.35. The van der Waals surface area contributed by atoms with Crippen LogP contribution >= 0.6 is 0 Å². The molecule has 114 valence electrons. The SMILES string of the molecule is CCCN1CCN(c2ccc(C(F)(F)F)c(C#N)c2)CC1. The molecule has 0 radical (unpaired) electrons. The maximum atomic E-state index is 12.8. The lowest BCUT2D eigenvalue weighted by Crippen LogP contribution is -2.46. The highest BCUT2D eigenvalue weighted by molar-refractivity contribution is 5.55. The van der Waals surface area contributed by atoms with Crippen LogP contribution in [0.15, 0.2) is 18.2 Å². The molecule has 0 saturated carbocycles. The second-order valence-corrected chi connectivity index (χ2v) is 5.17. The van der Waals surface area contributed by atoms with E-state index in [1.165, 1.54) is 12.1 Å². The first-order valence-corrected chi connectivity index (χ1v) is 7.04. The van der Waals surface area contributed by atoms with Gasteiger partial charge in [0.15, 0.2) is 0 Å². The molecular weight excluding hydrogens is 279 g/mol. The topological polar surface area (TPSA) is 30.3 Å². The summed E-state index contributed by atoms with van der Waals surface area (Å²) >= 11 is 0. The van der Waals surface area contributed by atoms with Crippen LogP contribution in [0.3, 0.4) is 0 Å². The molecule has 0 N–H and O–H groups in total. The largest absolute Gasteiger partial charge is 0.417 e. The van der Waals surface area contributed by atoms with Crippen molar-refractivity contribution in [3.8, 4) is 6.07 Å². The Hall–Kier alpha value is -1.74. The molecule has 0 amide bonds. The van der Waals surface area contributed by atoms with Crippen molar-refractivity contribution in [1.29, 1.82) is 5.26 Å². The van der Waals surface area contributed by atoms with E-state index < -0.39 is 11.7 Å². The Morgan fingerprint density at radius 2 is 1.86 bits per heavy atom. The van der Waals surface area contributed by atoms with Crippen molar-refractivity contribution < 1.29 is 13.2 Å². The van der Waals surface area contributed by atoms with Crippen molar-refractivity contribution in [3.63, 3.8) is 0 Å². The van der Waals surface area contributed by atoms with Crippen molar-refractivity contribution in [2.24, 2.45) is 0 Å². The average molecular weight is 297 g/mol. The molecule has 1 fully saturated rings. The predicted molar refractivity (Wildman–Crippen MR) is 75.1 cm³/mol. The summed E-state index contributed by atoms with van der Waals surface area (Å²) in [6.07, 6.45) is -3.39. The van der Waals surface area contributed by atoms with Gasteiger partial charge in [-0.05, 0) is 31.2 Å². The smallest absolute Gasteiger partial charge is 0.369 e. The Labute approximate surface area is 122 Å². The summed E-state index contributed by atoms with van der Waals surface area (Å²) in [7, 11) is 0. The van der Waals surface area contributed by atoms with Gasteiger partial charge in [0.1, 0.15) is 0 Å². The summed E-state index contributed by atoms with van der Waals surface area (Å²) in [4.78, 5) is 4.37. The van der Waals surface area contributed by atoms with Gasteiger partial charge in [0.2, 0.25) is 0 Å². The molecule has 1 aliphatic rings. The molecule has 1 saturated heterocycles. The second-order valence-electron chi connectivity index (χ2n) is 5.17. The molecule has 3 nitrogen and oxygen atoms in total. The molecule has 0 atom stereocenters. The van der Waals surface area contributed by atoms with E-state index in [4.69, 9.17) is 5.26 Å². The first-order valence-electron chi connectivity index (χ1n) is 7.04. The number of anilines is 1. The zero-order valence-corrected chi connectivity index (χ0v) is 12.0. The maximum Gasteiger partial charge on any atom is 0.417 e. The normalized spacial score (nSPS) is 16.8. The zero-order chi connectivity index (χ0) is 15.5. The van der Waals surface area contributed by atoms with Gasteiger partial charge in [-0.25, -0.2) is 0 Å². The summed E-state index contributed by atoms with van der Waals surface area (Å²) in [6, 6.07) is 5.46. The fraction of sp³-hybridized carbons (Fsp3) is 0.533.